The number of rotatable bonds is 2. The molecule has 27 heavy (non-hydrogen) atoms. The Bertz CT molecular complexity index is 937. The minimum absolute atomic E-state index is 0.435. The quantitative estimate of drug-likeness (QED) is 0.667. The number of aryl methyl sites for hydroxylation is 2. The van der Waals surface area contributed by atoms with Crippen molar-refractivity contribution in [3.63, 3.8) is 0 Å². The number of para-hydroxylation sites is 1. The van der Waals surface area contributed by atoms with E-state index < -0.39 is 23.1 Å². The molecule has 0 spiro atoms. The Labute approximate surface area is 157 Å². The number of hydrogen-bond acceptors (Lipinski definition) is 3. The number of hydrogen-bond donors (Lipinski definition) is 1. The summed E-state index contributed by atoms with van der Waals surface area (Å²) in [6.07, 6.45) is -4.48. The van der Waals surface area contributed by atoms with Gasteiger partial charge in [-0.15, -0.1) is 0 Å². The molecular weight excluding hydrogens is 379 g/mol. The molecule has 0 fully saturated rings. The van der Waals surface area contributed by atoms with Crippen molar-refractivity contribution in [1.29, 1.82) is 0 Å². The first-order valence-corrected chi connectivity index (χ1v) is 8.87. The number of nitrogens with two attached hydrogens (primary N) is 1. The van der Waals surface area contributed by atoms with Crippen molar-refractivity contribution in [2.45, 2.75) is 20.0 Å². The van der Waals surface area contributed by atoms with Crippen LogP contribution in [0.25, 0.3) is 16.9 Å². The van der Waals surface area contributed by atoms with Crippen LogP contribution >= 0.6 is 0 Å². The average molecular weight is 396 g/mol. The second kappa shape index (κ2) is 8.47. The molecule has 0 aliphatic heterocycles. The van der Waals surface area contributed by atoms with E-state index in [9.17, 15) is 13.2 Å². The number of nitrogens with zero attached hydrogens (tertiary/aromatic N) is 2. The van der Waals surface area contributed by atoms with E-state index in [0.29, 0.717) is 11.4 Å². The SMILES string of the molecule is Cc1ccc(C)c(-c2cc(C(F)(F)F)nn2-c2ccccc2)c1.NS(=O)[O-]. The van der Waals surface area contributed by atoms with Crippen molar-refractivity contribution >= 4 is 11.3 Å². The van der Waals surface area contributed by atoms with E-state index in [2.05, 4.69) is 10.2 Å². The maximum absolute atomic E-state index is 13.1. The molecule has 0 amide bonds. The molecule has 1 aromatic heterocycles. The second-order valence-electron chi connectivity index (χ2n) is 5.74. The normalized spacial score (nSPS) is 12.3. The zero-order valence-corrected chi connectivity index (χ0v) is 15.3. The Kier molecular flexibility index (Phi) is 6.53. The maximum Gasteiger partial charge on any atom is 0.435 e. The van der Waals surface area contributed by atoms with Gasteiger partial charge in [-0.05, 0) is 43.7 Å². The van der Waals surface area contributed by atoms with Crippen LogP contribution < -0.4 is 5.14 Å². The van der Waals surface area contributed by atoms with Crippen molar-refractivity contribution in [3.05, 3.63) is 71.4 Å². The monoisotopic (exact) mass is 396 g/mol. The van der Waals surface area contributed by atoms with E-state index in [1.165, 1.54) is 4.68 Å². The van der Waals surface area contributed by atoms with Gasteiger partial charge in [0.1, 0.15) is 0 Å². The second-order valence-corrected chi connectivity index (χ2v) is 6.26. The maximum atomic E-state index is 13.1. The van der Waals surface area contributed by atoms with E-state index >= 15 is 0 Å². The van der Waals surface area contributed by atoms with Crippen LogP contribution in [-0.2, 0) is 17.4 Å². The summed E-state index contributed by atoms with van der Waals surface area (Å²) in [4.78, 5) is 0. The largest absolute Gasteiger partial charge is 0.760 e. The lowest BCUT2D eigenvalue weighted by atomic mass is 10.0. The molecule has 0 saturated carbocycles. The van der Waals surface area contributed by atoms with Gasteiger partial charge in [0.15, 0.2) is 5.69 Å². The van der Waals surface area contributed by atoms with E-state index in [-0.39, 0.29) is 0 Å². The van der Waals surface area contributed by atoms with Crippen molar-refractivity contribution in [2.75, 3.05) is 0 Å². The van der Waals surface area contributed by atoms with Crippen molar-refractivity contribution < 1.29 is 21.9 Å². The van der Waals surface area contributed by atoms with Crippen LogP contribution in [0, 0.1) is 13.8 Å². The summed E-state index contributed by atoms with van der Waals surface area (Å²) < 4.78 is 58.3. The van der Waals surface area contributed by atoms with Gasteiger partial charge in [-0.3, -0.25) is 9.35 Å². The molecule has 5 nitrogen and oxygen atoms in total. The summed E-state index contributed by atoms with van der Waals surface area (Å²) in [7, 11) is 0. The lowest BCUT2D eigenvalue weighted by Crippen LogP contribution is -2.07. The standard InChI is InChI=1S/C18H15F3N2.H3NO2S/c1-12-8-9-13(2)15(10-12)16-11-17(18(19,20)21)22-23(16)14-6-4-3-5-7-14;1-4(2)3/h3-11H,1-2H3;1H2,(H,2,3)/p-1. The fourth-order valence-electron chi connectivity index (χ4n) is 2.49. The number of halogens is 3. The summed E-state index contributed by atoms with van der Waals surface area (Å²) in [5.74, 6) is 0. The highest BCUT2D eigenvalue weighted by Gasteiger charge is 2.35. The van der Waals surface area contributed by atoms with Gasteiger partial charge in [0.25, 0.3) is 0 Å². The summed E-state index contributed by atoms with van der Waals surface area (Å²) >= 11 is -2.36. The zero-order valence-electron chi connectivity index (χ0n) is 14.5. The summed E-state index contributed by atoms with van der Waals surface area (Å²) in [5.41, 5.74) is 2.78. The predicted octanol–water partition coefficient (Wildman–Crippen LogP) is 3.91. The molecule has 1 heterocycles. The van der Waals surface area contributed by atoms with Crippen LogP contribution in [0.3, 0.4) is 0 Å². The molecule has 2 aromatic carbocycles. The molecule has 1 unspecified atom stereocenters. The first-order chi connectivity index (χ1) is 12.6. The van der Waals surface area contributed by atoms with Gasteiger partial charge >= 0.3 is 6.18 Å². The van der Waals surface area contributed by atoms with Crippen molar-refractivity contribution in [1.82, 2.24) is 9.78 Å². The fraction of sp³-hybridized carbons (Fsp3) is 0.167. The van der Waals surface area contributed by atoms with Gasteiger partial charge in [0.2, 0.25) is 0 Å². The van der Waals surface area contributed by atoms with Crippen molar-refractivity contribution in [3.8, 4) is 16.9 Å². The third-order valence-electron chi connectivity index (χ3n) is 3.67. The highest BCUT2D eigenvalue weighted by atomic mass is 32.2. The van der Waals surface area contributed by atoms with Gasteiger partial charge in [-0.2, -0.15) is 18.3 Å². The van der Waals surface area contributed by atoms with Crippen LogP contribution in [0.2, 0.25) is 0 Å². The molecule has 3 aromatic rings. The average Bonchev–Trinajstić information content (AvgIpc) is 3.03. The Morgan fingerprint density at radius 3 is 2.22 bits per heavy atom. The fourth-order valence-corrected chi connectivity index (χ4v) is 2.49. The Hall–Kier alpha value is -2.49. The molecular formula is C18H17F3N3O2S-. The molecule has 3 rings (SSSR count). The highest BCUT2D eigenvalue weighted by molar-refractivity contribution is 7.76. The molecule has 0 bridgehead atoms. The van der Waals surface area contributed by atoms with Crippen LogP contribution in [-0.4, -0.2) is 18.5 Å². The minimum atomic E-state index is -4.48. The Morgan fingerprint density at radius 2 is 1.67 bits per heavy atom. The number of alkyl halides is 3. The number of aromatic nitrogens is 2. The zero-order chi connectivity index (χ0) is 20.2. The molecule has 9 heteroatoms. The minimum Gasteiger partial charge on any atom is -0.760 e. The first kappa shape index (κ1) is 20.8. The number of benzene rings is 2. The smallest absolute Gasteiger partial charge is 0.435 e. The molecule has 0 saturated heterocycles. The van der Waals surface area contributed by atoms with Crippen LogP contribution in [0.15, 0.2) is 54.6 Å². The van der Waals surface area contributed by atoms with E-state index in [1.54, 1.807) is 24.3 Å². The predicted molar refractivity (Wildman–Crippen MR) is 96.6 cm³/mol. The summed E-state index contributed by atoms with van der Waals surface area (Å²) in [5, 5.41) is 7.82. The molecule has 1 atom stereocenters. The van der Waals surface area contributed by atoms with Crippen LogP contribution in [0.1, 0.15) is 16.8 Å². The third kappa shape index (κ3) is 5.49. The first-order valence-electron chi connectivity index (χ1n) is 7.73. The van der Waals surface area contributed by atoms with E-state index in [4.69, 9.17) is 8.76 Å². The van der Waals surface area contributed by atoms with Crippen molar-refractivity contribution in [2.24, 2.45) is 5.14 Å². The lowest BCUT2D eigenvalue weighted by Gasteiger charge is -2.10. The van der Waals surface area contributed by atoms with Gasteiger partial charge in [0, 0.05) is 16.8 Å². The summed E-state index contributed by atoms with van der Waals surface area (Å²) in [6.45, 7) is 3.79. The Balaban J connectivity index is 0.000000596. The van der Waals surface area contributed by atoms with Crippen LogP contribution in [0.4, 0.5) is 13.2 Å². The summed E-state index contributed by atoms with van der Waals surface area (Å²) in [6, 6.07) is 15.7. The van der Waals surface area contributed by atoms with E-state index in [0.717, 1.165) is 22.8 Å². The molecule has 144 valence electrons. The molecule has 2 N–H and O–H groups in total. The molecule has 0 aliphatic rings. The topological polar surface area (TPSA) is 84.0 Å². The lowest BCUT2D eigenvalue weighted by molar-refractivity contribution is -0.141. The van der Waals surface area contributed by atoms with Gasteiger partial charge in [0.05, 0.1) is 11.4 Å². The third-order valence-corrected chi connectivity index (χ3v) is 3.67. The van der Waals surface area contributed by atoms with Crippen LogP contribution in [0.5, 0.6) is 0 Å². The molecule has 0 radical (unpaired) electrons. The van der Waals surface area contributed by atoms with Gasteiger partial charge in [-0.25, -0.2) is 4.68 Å². The Morgan fingerprint density at radius 1 is 1.07 bits per heavy atom. The highest BCUT2D eigenvalue weighted by Crippen LogP contribution is 2.34. The van der Waals surface area contributed by atoms with E-state index in [1.807, 2.05) is 38.1 Å². The van der Waals surface area contributed by atoms with Gasteiger partial charge in [-0.1, -0.05) is 35.9 Å². The van der Waals surface area contributed by atoms with Gasteiger partial charge < -0.3 is 4.55 Å². The molecule has 0 aliphatic carbocycles.